The van der Waals surface area contributed by atoms with Crippen molar-refractivity contribution in [2.75, 3.05) is 0 Å². The van der Waals surface area contributed by atoms with E-state index in [-0.39, 0.29) is 11.7 Å². The largest absolute Gasteiger partial charge is 0.507 e. The molecule has 4 nitrogen and oxygen atoms in total. The molecule has 0 radical (unpaired) electrons. The van der Waals surface area contributed by atoms with Crippen LogP contribution in [0.25, 0.3) is 10.1 Å². The smallest absolute Gasteiger partial charge is 0.283 e. The first-order chi connectivity index (χ1) is 12.0. The summed E-state index contributed by atoms with van der Waals surface area (Å²) in [6.45, 7) is 3.91. The van der Waals surface area contributed by atoms with Crippen LogP contribution in [-0.4, -0.2) is 16.7 Å². The molecule has 0 aliphatic rings. The second-order valence-electron chi connectivity index (χ2n) is 5.61. The molecular weight excluding hydrogens is 356 g/mol. The topological polar surface area (TPSA) is 61.7 Å². The zero-order valence-corrected chi connectivity index (χ0v) is 15.4. The molecule has 0 saturated carbocycles. The van der Waals surface area contributed by atoms with Crippen molar-refractivity contribution in [3.05, 3.63) is 63.5 Å². The average Bonchev–Trinajstić information content (AvgIpc) is 2.92. The zero-order chi connectivity index (χ0) is 18.0. The summed E-state index contributed by atoms with van der Waals surface area (Å²) in [6.07, 6.45) is 0.567. The van der Waals surface area contributed by atoms with Crippen LogP contribution >= 0.6 is 22.9 Å². The molecule has 0 saturated heterocycles. The minimum Gasteiger partial charge on any atom is -0.507 e. The lowest BCUT2D eigenvalue weighted by atomic mass is 10.1. The summed E-state index contributed by atoms with van der Waals surface area (Å²) in [7, 11) is 0. The van der Waals surface area contributed by atoms with Crippen LogP contribution in [0.3, 0.4) is 0 Å². The minimum atomic E-state index is -0.356. The Labute approximate surface area is 154 Å². The molecular formula is C19H17ClN2O2S. The normalized spacial score (nSPS) is 11.7. The number of amides is 1. The third-order valence-electron chi connectivity index (χ3n) is 3.83. The van der Waals surface area contributed by atoms with Crippen molar-refractivity contribution >= 4 is 44.6 Å². The lowest BCUT2D eigenvalue weighted by Crippen LogP contribution is -2.19. The Balaban J connectivity index is 1.89. The summed E-state index contributed by atoms with van der Waals surface area (Å²) in [4.78, 5) is 12.9. The lowest BCUT2D eigenvalue weighted by Gasteiger charge is -2.06. The van der Waals surface area contributed by atoms with Crippen LogP contribution in [0.4, 0.5) is 0 Å². The molecule has 0 unspecified atom stereocenters. The standard InChI is InChI=1S/C19H17ClN2O2S/c1-3-14(12-6-4-5-7-15(12)23)21-22-19(24)18-17(20)13-9-8-11(2)10-16(13)25-18/h4-10,23H,3H2,1-2H3,(H,22,24)/b21-14-. The van der Waals surface area contributed by atoms with E-state index in [0.717, 1.165) is 15.6 Å². The van der Waals surface area contributed by atoms with Crippen LogP contribution in [0.1, 0.15) is 34.1 Å². The monoisotopic (exact) mass is 372 g/mol. The van der Waals surface area contributed by atoms with Crippen LogP contribution < -0.4 is 5.43 Å². The number of phenols is 1. The van der Waals surface area contributed by atoms with E-state index < -0.39 is 0 Å². The lowest BCUT2D eigenvalue weighted by molar-refractivity contribution is 0.0959. The van der Waals surface area contributed by atoms with Crippen molar-refractivity contribution in [2.24, 2.45) is 5.10 Å². The number of halogens is 1. The molecule has 2 aromatic carbocycles. The molecule has 3 rings (SSSR count). The van der Waals surface area contributed by atoms with Gasteiger partial charge in [0.2, 0.25) is 0 Å². The molecule has 2 N–H and O–H groups in total. The highest BCUT2D eigenvalue weighted by molar-refractivity contribution is 7.21. The Morgan fingerprint density at radius 3 is 2.76 bits per heavy atom. The number of para-hydroxylation sites is 1. The van der Waals surface area contributed by atoms with E-state index in [9.17, 15) is 9.90 Å². The number of aromatic hydroxyl groups is 1. The number of rotatable bonds is 4. The Morgan fingerprint density at radius 1 is 1.28 bits per heavy atom. The molecule has 128 valence electrons. The minimum absolute atomic E-state index is 0.132. The molecule has 0 fully saturated rings. The average molecular weight is 373 g/mol. The maximum absolute atomic E-state index is 12.5. The molecule has 1 heterocycles. The van der Waals surface area contributed by atoms with Crippen molar-refractivity contribution < 1.29 is 9.90 Å². The summed E-state index contributed by atoms with van der Waals surface area (Å²) in [5.41, 5.74) is 4.87. The van der Waals surface area contributed by atoms with Crippen LogP contribution in [0.15, 0.2) is 47.6 Å². The van der Waals surface area contributed by atoms with Crippen molar-refractivity contribution in [1.82, 2.24) is 5.43 Å². The number of nitrogens with zero attached hydrogens (tertiary/aromatic N) is 1. The molecule has 0 atom stereocenters. The van der Waals surface area contributed by atoms with E-state index in [1.54, 1.807) is 18.2 Å². The Morgan fingerprint density at radius 2 is 2.04 bits per heavy atom. The number of benzene rings is 2. The Hall–Kier alpha value is -2.37. The van der Waals surface area contributed by atoms with Crippen molar-refractivity contribution in [1.29, 1.82) is 0 Å². The maximum Gasteiger partial charge on any atom is 0.283 e. The van der Waals surface area contributed by atoms with Gasteiger partial charge in [0.25, 0.3) is 5.91 Å². The van der Waals surface area contributed by atoms with Gasteiger partial charge in [0.1, 0.15) is 10.6 Å². The highest BCUT2D eigenvalue weighted by atomic mass is 35.5. The third kappa shape index (κ3) is 3.52. The van der Waals surface area contributed by atoms with Gasteiger partial charge in [0, 0.05) is 15.6 Å². The fraction of sp³-hybridized carbons (Fsp3) is 0.158. The third-order valence-corrected chi connectivity index (χ3v) is 5.49. The number of fused-ring (bicyclic) bond motifs is 1. The van der Waals surface area contributed by atoms with Crippen LogP contribution in [0.2, 0.25) is 5.02 Å². The van der Waals surface area contributed by atoms with E-state index in [1.807, 2.05) is 38.1 Å². The van der Waals surface area contributed by atoms with Crippen molar-refractivity contribution in [2.45, 2.75) is 20.3 Å². The first-order valence-electron chi connectivity index (χ1n) is 7.85. The number of thiophene rings is 1. The molecule has 3 aromatic rings. The van der Waals surface area contributed by atoms with E-state index in [1.165, 1.54) is 11.3 Å². The van der Waals surface area contributed by atoms with Crippen molar-refractivity contribution in [3.8, 4) is 5.75 Å². The van der Waals surface area contributed by atoms with Gasteiger partial charge in [-0.3, -0.25) is 4.79 Å². The van der Waals surface area contributed by atoms with E-state index >= 15 is 0 Å². The summed E-state index contributed by atoms with van der Waals surface area (Å²) in [6, 6.07) is 12.8. The number of aryl methyl sites for hydroxylation is 1. The summed E-state index contributed by atoms with van der Waals surface area (Å²) in [5, 5.41) is 15.4. The summed E-state index contributed by atoms with van der Waals surface area (Å²) >= 11 is 7.70. The number of hydrogen-bond acceptors (Lipinski definition) is 4. The van der Waals surface area contributed by atoms with Gasteiger partial charge in [-0.05, 0) is 37.1 Å². The van der Waals surface area contributed by atoms with E-state index in [2.05, 4.69) is 10.5 Å². The molecule has 25 heavy (non-hydrogen) atoms. The fourth-order valence-corrected chi connectivity index (χ4v) is 4.04. The van der Waals surface area contributed by atoms with E-state index in [0.29, 0.717) is 27.6 Å². The van der Waals surface area contributed by atoms with Gasteiger partial charge >= 0.3 is 0 Å². The Bertz CT molecular complexity index is 979. The predicted molar refractivity (Wildman–Crippen MR) is 104 cm³/mol. The molecule has 0 spiro atoms. The molecule has 1 aromatic heterocycles. The van der Waals surface area contributed by atoms with Gasteiger partial charge in [0.05, 0.1) is 10.7 Å². The molecule has 1 amide bonds. The SMILES string of the molecule is CC/C(=N/NC(=O)c1sc2cc(C)ccc2c1Cl)c1ccccc1O. The van der Waals surface area contributed by atoms with Crippen molar-refractivity contribution in [3.63, 3.8) is 0 Å². The highest BCUT2D eigenvalue weighted by Gasteiger charge is 2.17. The van der Waals surface area contributed by atoms with Gasteiger partial charge in [0.15, 0.2) is 0 Å². The number of hydrazone groups is 1. The van der Waals surface area contributed by atoms with E-state index in [4.69, 9.17) is 11.6 Å². The number of carbonyl (C=O) groups is 1. The summed E-state index contributed by atoms with van der Waals surface area (Å²) in [5.74, 6) is -0.224. The zero-order valence-electron chi connectivity index (χ0n) is 13.8. The summed E-state index contributed by atoms with van der Waals surface area (Å²) < 4.78 is 0.968. The number of phenolic OH excluding ortho intramolecular Hbond substituents is 1. The second kappa shape index (κ2) is 7.25. The van der Waals surface area contributed by atoms with Gasteiger partial charge in [-0.1, -0.05) is 42.8 Å². The highest BCUT2D eigenvalue weighted by Crippen LogP contribution is 2.35. The Kier molecular flexibility index (Phi) is 5.06. The fourth-order valence-electron chi connectivity index (χ4n) is 2.53. The van der Waals surface area contributed by atoms with Gasteiger partial charge in [-0.15, -0.1) is 11.3 Å². The first-order valence-corrected chi connectivity index (χ1v) is 9.04. The molecule has 0 aliphatic heterocycles. The van der Waals surface area contributed by atoms with Crippen LogP contribution in [0, 0.1) is 6.92 Å². The second-order valence-corrected chi connectivity index (χ2v) is 7.05. The number of carbonyl (C=O) groups excluding carboxylic acids is 1. The molecule has 0 bridgehead atoms. The quantitative estimate of drug-likeness (QED) is 0.493. The van der Waals surface area contributed by atoms with Gasteiger partial charge < -0.3 is 5.11 Å². The predicted octanol–water partition coefficient (Wildman–Crippen LogP) is 5.11. The molecule has 0 aliphatic carbocycles. The van der Waals surface area contributed by atoms with Gasteiger partial charge in [-0.2, -0.15) is 5.10 Å². The number of hydrogen-bond donors (Lipinski definition) is 2. The maximum atomic E-state index is 12.5. The van der Waals surface area contributed by atoms with Gasteiger partial charge in [-0.25, -0.2) is 5.43 Å². The molecule has 6 heteroatoms. The van der Waals surface area contributed by atoms with Crippen LogP contribution in [0.5, 0.6) is 5.75 Å². The first kappa shape index (κ1) is 17.5. The number of nitrogens with one attached hydrogen (secondary N) is 1. The van der Waals surface area contributed by atoms with Crippen LogP contribution in [-0.2, 0) is 0 Å².